The van der Waals surface area contributed by atoms with E-state index >= 15 is 0 Å². The molecule has 1 atom stereocenters. The van der Waals surface area contributed by atoms with E-state index in [-0.39, 0.29) is 23.8 Å². The van der Waals surface area contributed by atoms with E-state index < -0.39 is 22.7 Å². The molecule has 2 amide bonds. The minimum atomic E-state index is -4.62. The van der Waals surface area contributed by atoms with E-state index in [4.69, 9.17) is 9.68 Å². The van der Waals surface area contributed by atoms with E-state index in [0.29, 0.717) is 50.3 Å². The molecule has 1 aliphatic carbocycles. The second-order valence-electron chi connectivity index (χ2n) is 9.72. The van der Waals surface area contributed by atoms with E-state index in [0.717, 1.165) is 18.9 Å². The van der Waals surface area contributed by atoms with Crippen molar-refractivity contribution in [1.29, 1.82) is 5.26 Å². The summed E-state index contributed by atoms with van der Waals surface area (Å²) < 4.78 is 45.4. The van der Waals surface area contributed by atoms with E-state index in [9.17, 15) is 22.8 Å². The van der Waals surface area contributed by atoms with Crippen molar-refractivity contribution in [2.24, 2.45) is 11.3 Å². The van der Waals surface area contributed by atoms with Crippen LogP contribution in [0, 0.1) is 22.7 Å². The maximum atomic E-state index is 13.4. The summed E-state index contributed by atoms with van der Waals surface area (Å²) in [6, 6.07) is 7.16. The summed E-state index contributed by atoms with van der Waals surface area (Å²) in [5.41, 5.74) is -0.977. The molecule has 1 N–H and O–H groups in total. The maximum Gasteiger partial charge on any atom is 0.417 e. The van der Waals surface area contributed by atoms with Crippen molar-refractivity contribution >= 4 is 17.5 Å². The fourth-order valence-corrected chi connectivity index (χ4v) is 5.36. The molecule has 5 rings (SSSR count). The summed E-state index contributed by atoms with van der Waals surface area (Å²) in [7, 11) is 0. The molecule has 3 aliphatic rings. The molecule has 3 fully saturated rings. The molecule has 1 aromatic heterocycles. The molecular weight excluding hydrogens is 461 g/mol. The summed E-state index contributed by atoms with van der Waals surface area (Å²) in [5.74, 6) is -0.627. The number of anilines is 1. The van der Waals surface area contributed by atoms with Gasteiger partial charge >= 0.3 is 6.18 Å². The predicted molar refractivity (Wildman–Crippen MR) is 119 cm³/mol. The summed E-state index contributed by atoms with van der Waals surface area (Å²) in [4.78, 5) is 29.7. The number of halogens is 3. The Labute approximate surface area is 200 Å². The van der Waals surface area contributed by atoms with Crippen LogP contribution < -0.4 is 10.2 Å². The van der Waals surface area contributed by atoms with Crippen LogP contribution in [-0.2, 0) is 11.0 Å². The Balaban J connectivity index is 1.36. The monoisotopic (exact) mass is 486 g/mol. The van der Waals surface area contributed by atoms with E-state index in [1.54, 1.807) is 17.0 Å². The van der Waals surface area contributed by atoms with E-state index in [1.165, 1.54) is 24.7 Å². The first-order valence-corrected chi connectivity index (χ1v) is 11.7. The lowest BCUT2D eigenvalue weighted by atomic mass is 9.70. The smallest absolute Gasteiger partial charge is 0.417 e. The number of amides is 2. The molecular formula is C25H25F3N4O3. The number of nitriles is 1. The highest BCUT2D eigenvalue weighted by molar-refractivity contribution is 5.95. The minimum Gasteiger partial charge on any atom is -0.472 e. The van der Waals surface area contributed by atoms with Crippen LogP contribution >= 0.6 is 0 Å². The SMILES string of the molecule is N#Cc1ccc(N2CCC3(CC2)CN(C(=O)c2ccoc2)CC3C(=O)NC2CC2)cc1C(F)(F)F. The molecule has 2 aliphatic heterocycles. The van der Waals surface area contributed by atoms with Gasteiger partial charge in [0.15, 0.2) is 0 Å². The molecule has 2 saturated heterocycles. The van der Waals surface area contributed by atoms with Gasteiger partial charge < -0.3 is 19.5 Å². The number of rotatable bonds is 4. The zero-order chi connectivity index (χ0) is 24.8. The highest BCUT2D eigenvalue weighted by Gasteiger charge is 2.53. The second kappa shape index (κ2) is 8.63. The maximum absolute atomic E-state index is 13.4. The van der Waals surface area contributed by atoms with E-state index in [1.807, 2.05) is 4.90 Å². The summed E-state index contributed by atoms with van der Waals surface area (Å²) in [5, 5.41) is 12.1. The third-order valence-electron chi connectivity index (χ3n) is 7.50. The summed E-state index contributed by atoms with van der Waals surface area (Å²) >= 11 is 0. The Hall–Kier alpha value is -3.48. The normalized spacial score (nSPS) is 21.7. The predicted octanol–water partition coefficient (Wildman–Crippen LogP) is 3.81. The van der Waals surface area contributed by atoms with Gasteiger partial charge in [-0.05, 0) is 49.9 Å². The van der Waals surface area contributed by atoms with Crippen LogP contribution in [0.1, 0.15) is 47.2 Å². The minimum absolute atomic E-state index is 0.0545. The van der Waals surface area contributed by atoms with Gasteiger partial charge in [-0.3, -0.25) is 9.59 Å². The Morgan fingerprint density at radius 3 is 2.51 bits per heavy atom. The first-order valence-electron chi connectivity index (χ1n) is 11.7. The number of alkyl halides is 3. The molecule has 7 nitrogen and oxygen atoms in total. The van der Waals surface area contributed by atoms with Crippen LogP contribution in [0.3, 0.4) is 0 Å². The number of hydrogen-bond acceptors (Lipinski definition) is 5. The van der Waals surface area contributed by atoms with Crippen LogP contribution in [0.4, 0.5) is 18.9 Å². The zero-order valence-electron chi connectivity index (χ0n) is 19.0. The van der Waals surface area contributed by atoms with Crippen molar-refractivity contribution in [2.75, 3.05) is 31.1 Å². The lowest BCUT2D eigenvalue weighted by Gasteiger charge is -2.43. The number of carbonyl (C=O) groups excluding carboxylic acids is 2. The lowest BCUT2D eigenvalue weighted by Crippen LogP contribution is -2.48. The standard InChI is InChI=1S/C25H25F3N4O3/c26-25(27,28)20-11-19(4-1-16(20)12-29)31-8-6-24(7-9-31)15-32(23(34)17-5-10-35-14-17)13-21(24)22(33)30-18-2-3-18/h1,4-5,10-11,14,18,21H,2-3,6-9,13,15H2,(H,30,33). The fourth-order valence-electron chi connectivity index (χ4n) is 5.36. The highest BCUT2D eigenvalue weighted by atomic mass is 19.4. The van der Waals surface area contributed by atoms with Gasteiger partial charge in [0.2, 0.25) is 5.91 Å². The molecule has 0 radical (unpaired) electrons. The van der Waals surface area contributed by atoms with Gasteiger partial charge in [-0.25, -0.2) is 0 Å². The Morgan fingerprint density at radius 1 is 1.17 bits per heavy atom. The quantitative estimate of drug-likeness (QED) is 0.710. The van der Waals surface area contributed by atoms with Crippen molar-refractivity contribution in [3.63, 3.8) is 0 Å². The molecule has 3 heterocycles. The molecule has 10 heteroatoms. The molecule has 1 saturated carbocycles. The molecule has 1 unspecified atom stereocenters. The number of piperidine rings is 1. The zero-order valence-corrected chi connectivity index (χ0v) is 19.0. The molecule has 35 heavy (non-hydrogen) atoms. The van der Waals surface area contributed by atoms with Crippen molar-refractivity contribution in [2.45, 2.75) is 37.9 Å². The molecule has 2 aromatic rings. The largest absolute Gasteiger partial charge is 0.472 e. The van der Waals surface area contributed by atoms with Crippen molar-refractivity contribution in [3.8, 4) is 6.07 Å². The Bertz CT molecular complexity index is 1160. The van der Waals surface area contributed by atoms with Crippen LogP contribution in [0.5, 0.6) is 0 Å². The third-order valence-corrected chi connectivity index (χ3v) is 7.50. The highest BCUT2D eigenvalue weighted by Crippen LogP contribution is 2.46. The summed E-state index contributed by atoms with van der Waals surface area (Å²) in [6.45, 7) is 1.61. The van der Waals surface area contributed by atoms with Crippen molar-refractivity contribution in [1.82, 2.24) is 10.2 Å². The van der Waals surface area contributed by atoms with Gasteiger partial charge in [-0.2, -0.15) is 18.4 Å². The van der Waals surface area contributed by atoms with Gasteiger partial charge in [-0.15, -0.1) is 0 Å². The van der Waals surface area contributed by atoms with Crippen LogP contribution in [-0.4, -0.2) is 48.9 Å². The topological polar surface area (TPSA) is 89.6 Å². The number of benzene rings is 1. The number of carbonyl (C=O) groups is 2. The first kappa shape index (κ1) is 23.3. The molecule has 1 spiro atoms. The van der Waals surface area contributed by atoms with Crippen LogP contribution in [0.2, 0.25) is 0 Å². The lowest BCUT2D eigenvalue weighted by molar-refractivity contribution is -0.137. The van der Waals surface area contributed by atoms with Gasteiger partial charge in [0.1, 0.15) is 6.26 Å². The number of nitrogens with one attached hydrogen (secondary N) is 1. The average Bonchev–Trinajstić information content (AvgIpc) is 3.33. The molecule has 184 valence electrons. The van der Waals surface area contributed by atoms with Crippen LogP contribution in [0.15, 0.2) is 41.2 Å². The van der Waals surface area contributed by atoms with Gasteiger partial charge in [0.25, 0.3) is 5.91 Å². The third kappa shape index (κ3) is 4.47. The second-order valence-corrected chi connectivity index (χ2v) is 9.72. The Morgan fingerprint density at radius 2 is 1.91 bits per heavy atom. The van der Waals surface area contributed by atoms with Crippen LogP contribution in [0.25, 0.3) is 0 Å². The molecule has 1 aromatic carbocycles. The van der Waals surface area contributed by atoms with Gasteiger partial charge in [0.05, 0.1) is 34.9 Å². The van der Waals surface area contributed by atoms with Gasteiger partial charge in [-0.1, -0.05) is 0 Å². The average molecular weight is 486 g/mol. The van der Waals surface area contributed by atoms with Crippen molar-refractivity contribution < 1.29 is 27.2 Å². The molecule has 0 bridgehead atoms. The number of likely N-dealkylation sites (tertiary alicyclic amines) is 1. The fraction of sp³-hybridized carbons (Fsp3) is 0.480. The summed E-state index contributed by atoms with van der Waals surface area (Å²) in [6.07, 6.45) is 1.23. The van der Waals surface area contributed by atoms with Gasteiger partial charge in [0, 0.05) is 43.3 Å². The number of furan rings is 1. The van der Waals surface area contributed by atoms with Crippen molar-refractivity contribution in [3.05, 3.63) is 53.5 Å². The number of nitrogens with zero attached hydrogens (tertiary/aromatic N) is 3. The first-order chi connectivity index (χ1) is 16.7. The Kier molecular flexibility index (Phi) is 5.74. The van der Waals surface area contributed by atoms with E-state index in [2.05, 4.69) is 5.32 Å². The number of hydrogen-bond donors (Lipinski definition) is 1.